The number of carbonyl (C=O) groups is 1. The Morgan fingerprint density at radius 1 is 1.53 bits per heavy atom. The molecule has 0 saturated heterocycles. The molecule has 2 aliphatic rings. The fraction of sp³-hybridized carbons (Fsp3) is 0.308. The van der Waals surface area contributed by atoms with Gasteiger partial charge in [0.2, 0.25) is 0 Å². The molecule has 1 aromatic rings. The van der Waals surface area contributed by atoms with Crippen LogP contribution in [0.1, 0.15) is 19.3 Å². The van der Waals surface area contributed by atoms with Crippen LogP contribution in [-0.2, 0) is 4.79 Å². The average Bonchev–Trinajstić information content (AvgIpc) is 2.92. The van der Waals surface area contributed by atoms with E-state index in [9.17, 15) is 9.90 Å². The van der Waals surface area contributed by atoms with Gasteiger partial charge in [-0.25, -0.2) is 4.98 Å². The zero-order chi connectivity index (χ0) is 13.2. The van der Waals surface area contributed by atoms with Crippen LogP contribution in [0.15, 0.2) is 39.6 Å². The van der Waals surface area contributed by atoms with Crippen LogP contribution < -0.4 is 5.32 Å². The molecule has 2 heterocycles. The fourth-order valence-corrected chi connectivity index (χ4v) is 2.79. The Morgan fingerprint density at radius 3 is 3.21 bits per heavy atom. The fourth-order valence-electron chi connectivity index (χ4n) is 2.27. The summed E-state index contributed by atoms with van der Waals surface area (Å²) in [5.41, 5.74) is 0.984. The molecule has 1 aliphatic heterocycles. The highest BCUT2D eigenvalue weighted by atomic mass is 32.1. The molecule has 0 spiro atoms. The molecule has 1 unspecified atom stereocenters. The quantitative estimate of drug-likeness (QED) is 0.870. The van der Waals surface area contributed by atoms with E-state index >= 15 is 0 Å². The number of rotatable bonds is 2. The summed E-state index contributed by atoms with van der Waals surface area (Å²) in [5.74, 6) is -0.324. The number of aliphatic imine (C=N–C) groups is 1. The minimum atomic E-state index is -0.374. The molecule has 3 rings (SSSR count). The molecule has 1 amide bonds. The molecule has 2 N–H and O–H groups in total. The lowest BCUT2D eigenvalue weighted by Gasteiger charge is -2.24. The van der Waals surface area contributed by atoms with Crippen molar-refractivity contribution in [3.63, 3.8) is 0 Å². The molecule has 0 fully saturated rings. The highest BCUT2D eigenvalue weighted by molar-refractivity contribution is 7.13. The second-order valence-corrected chi connectivity index (χ2v) is 5.33. The third-order valence-corrected chi connectivity index (χ3v) is 3.90. The van der Waals surface area contributed by atoms with Gasteiger partial charge < -0.3 is 5.11 Å². The van der Waals surface area contributed by atoms with Crippen molar-refractivity contribution in [2.45, 2.75) is 25.3 Å². The van der Waals surface area contributed by atoms with E-state index in [1.165, 1.54) is 17.6 Å². The molecule has 0 saturated carbocycles. The normalized spacial score (nSPS) is 21.9. The smallest absolute Gasteiger partial charge is 0.262 e. The van der Waals surface area contributed by atoms with Crippen molar-refractivity contribution in [1.82, 2.24) is 4.98 Å². The van der Waals surface area contributed by atoms with E-state index in [1.807, 2.05) is 6.08 Å². The van der Waals surface area contributed by atoms with Crippen LogP contribution in [0.5, 0.6) is 0 Å². The van der Waals surface area contributed by atoms with Crippen molar-refractivity contribution in [1.29, 1.82) is 0 Å². The van der Waals surface area contributed by atoms with Gasteiger partial charge in [-0.15, -0.1) is 11.3 Å². The van der Waals surface area contributed by atoms with Gasteiger partial charge in [0, 0.05) is 23.4 Å². The van der Waals surface area contributed by atoms with Crippen molar-refractivity contribution in [2.75, 3.05) is 5.32 Å². The molecular weight excluding hydrogens is 262 g/mol. The van der Waals surface area contributed by atoms with E-state index in [2.05, 4.69) is 15.3 Å². The summed E-state index contributed by atoms with van der Waals surface area (Å²) in [6.07, 6.45) is 7.96. The topological polar surface area (TPSA) is 74.6 Å². The Hall–Kier alpha value is -1.95. The number of hydrogen-bond donors (Lipinski definition) is 2. The number of nitrogens with one attached hydrogen (secondary N) is 1. The number of hydrogen-bond acceptors (Lipinski definition) is 5. The average molecular weight is 275 g/mol. The van der Waals surface area contributed by atoms with Gasteiger partial charge in [-0.05, 0) is 19.3 Å². The highest BCUT2D eigenvalue weighted by Gasteiger charge is 2.28. The Labute approximate surface area is 114 Å². The van der Waals surface area contributed by atoms with E-state index in [4.69, 9.17) is 0 Å². The maximum Gasteiger partial charge on any atom is 0.262 e. The number of fused-ring (bicyclic) bond motifs is 1. The van der Waals surface area contributed by atoms with E-state index in [1.54, 1.807) is 11.6 Å². The first-order valence-corrected chi connectivity index (χ1v) is 7.01. The van der Waals surface area contributed by atoms with Gasteiger partial charge in [0.25, 0.3) is 5.91 Å². The van der Waals surface area contributed by atoms with Crippen molar-refractivity contribution in [3.8, 4) is 0 Å². The zero-order valence-corrected chi connectivity index (χ0v) is 11.0. The van der Waals surface area contributed by atoms with Gasteiger partial charge in [-0.2, -0.15) is 0 Å². The predicted octanol–water partition coefficient (Wildman–Crippen LogP) is 2.46. The number of allylic oxidation sites excluding steroid dienone is 1. The predicted molar refractivity (Wildman–Crippen MR) is 74.6 cm³/mol. The van der Waals surface area contributed by atoms with Crippen LogP contribution in [-0.4, -0.2) is 28.3 Å². The third kappa shape index (κ3) is 2.31. The molecule has 0 aromatic carbocycles. The monoisotopic (exact) mass is 275 g/mol. The highest BCUT2D eigenvalue weighted by Crippen LogP contribution is 2.30. The van der Waals surface area contributed by atoms with E-state index in [-0.39, 0.29) is 23.3 Å². The van der Waals surface area contributed by atoms with Crippen molar-refractivity contribution >= 4 is 28.6 Å². The second-order valence-electron chi connectivity index (χ2n) is 4.44. The molecule has 98 valence electrons. The minimum absolute atomic E-state index is 0.00478. The lowest BCUT2D eigenvalue weighted by Crippen LogP contribution is -2.25. The van der Waals surface area contributed by atoms with Gasteiger partial charge in [-0.1, -0.05) is 6.08 Å². The van der Waals surface area contributed by atoms with E-state index < -0.39 is 0 Å². The largest absolute Gasteiger partial charge is 0.507 e. The maximum absolute atomic E-state index is 12.1. The Morgan fingerprint density at radius 2 is 2.42 bits per heavy atom. The number of carbonyl (C=O) groups excluding carboxylic acids is 1. The number of nitrogens with zero attached hydrogens (tertiary/aromatic N) is 2. The number of dihydropyridines is 1. The summed E-state index contributed by atoms with van der Waals surface area (Å²) in [6, 6.07) is 0.00478. The van der Waals surface area contributed by atoms with Crippen molar-refractivity contribution in [2.24, 2.45) is 4.99 Å². The SMILES string of the molecule is O=C(Nc1nccs1)C1=C(O)C2=CCCCC2N=C1. The summed E-state index contributed by atoms with van der Waals surface area (Å²) in [4.78, 5) is 20.4. The van der Waals surface area contributed by atoms with Gasteiger partial charge in [-0.3, -0.25) is 15.1 Å². The molecular formula is C13H13N3O2S. The first kappa shape index (κ1) is 12.1. The number of amides is 1. The number of anilines is 1. The van der Waals surface area contributed by atoms with E-state index in [0.717, 1.165) is 24.8 Å². The first-order valence-electron chi connectivity index (χ1n) is 6.13. The Balaban J connectivity index is 1.86. The summed E-state index contributed by atoms with van der Waals surface area (Å²) in [7, 11) is 0. The lowest BCUT2D eigenvalue weighted by atomic mass is 9.89. The summed E-state index contributed by atoms with van der Waals surface area (Å²) < 4.78 is 0. The number of aliphatic hydroxyl groups is 1. The third-order valence-electron chi connectivity index (χ3n) is 3.21. The molecule has 6 heteroatoms. The van der Waals surface area contributed by atoms with Gasteiger partial charge in [0.1, 0.15) is 5.76 Å². The van der Waals surface area contributed by atoms with Gasteiger partial charge in [0.15, 0.2) is 5.13 Å². The van der Waals surface area contributed by atoms with Crippen LogP contribution in [0.25, 0.3) is 0 Å². The Kier molecular flexibility index (Phi) is 3.16. The number of aromatic nitrogens is 1. The molecule has 1 aliphatic carbocycles. The van der Waals surface area contributed by atoms with Crippen LogP contribution >= 0.6 is 11.3 Å². The number of aliphatic hydroxyl groups excluding tert-OH is 1. The molecule has 0 bridgehead atoms. The first-order chi connectivity index (χ1) is 9.25. The number of thiazole rings is 1. The lowest BCUT2D eigenvalue weighted by molar-refractivity contribution is -0.112. The van der Waals surface area contributed by atoms with Crippen LogP contribution in [0, 0.1) is 0 Å². The maximum atomic E-state index is 12.1. The zero-order valence-electron chi connectivity index (χ0n) is 10.2. The van der Waals surface area contributed by atoms with Crippen LogP contribution in [0.4, 0.5) is 5.13 Å². The summed E-state index contributed by atoms with van der Waals surface area (Å²) in [5, 5.41) is 15.1. The molecule has 5 nitrogen and oxygen atoms in total. The van der Waals surface area contributed by atoms with E-state index in [0.29, 0.717) is 5.13 Å². The molecule has 1 aromatic heterocycles. The summed E-state index contributed by atoms with van der Waals surface area (Å²) in [6.45, 7) is 0. The standard InChI is InChI=1S/C13H13N3O2S/c17-11-8-3-1-2-4-10(8)15-7-9(11)12(18)16-13-14-5-6-19-13/h3,5-7,10,17H,1-2,4H2,(H,14,16,18). The van der Waals surface area contributed by atoms with Gasteiger partial charge in [0.05, 0.1) is 11.6 Å². The minimum Gasteiger partial charge on any atom is -0.507 e. The molecule has 19 heavy (non-hydrogen) atoms. The molecule has 0 radical (unpaired) electrons. The van der Waals surface area contributed by atoms with Crippen LogP contribution in [0.3, 0.4) is 0 Å². The van der Waals surface area contributed by atoms with Crippen LogP contribution in [0.2, 0.25) is 0 Å². The van der Waals surface area contributed by atoms with Gasteiger partial charge >= 0.3 is 0 Å². The Bertz CT molecular complexity index is 587. The second kappa shape index (κ2) is 4.97. The van der Waals surface area contributed by atoms with Crippen molar-refractivity contribution < 1.29 is 9.90 Å². The molecule has 1 atom stereocenters. The summed E-state index contributed by atoms with van der Waals surface area (Å²) >= 11 is 1.33. The van der Waals surface area contributed by atoms with Crippen molar-refractivity contribution in [3.05, 3.63) is 34.6 Å².